The molecule has 33 heavy (non-hydrogen) atoms. The number of aromatic amines is 1. The molecule has 0 aliphatic carbocycles. The third-order valence-electron chi connectivity index (χ3n) is 5.57. The van der Waals surface area contributed by atoms with E-state index in [1.165, 1.54) is 0 Å². The Balaban J connectivity index is 1.38. The average Bonchev–Trinajstić information content (AvgIpc) is 3.35. The summed E-state index contributed by atoms with van der Waals surface area (Å²) in [6.45, 7) is 8.88. The number of methoxy groups -OCH3 is 1. The minimum absolute atomic E-state index is 0.278. The number of carbonyl (C=O) groups excluding carboxylic acids is 1. The second-order valence-corrected chi connectivity index (χ2v) is 7.89. The van der Waals surface area contributed by atoms with Crippen LogP contribution in [0, 0.1) is 6.92 Å². The number of ether oxygens (including phenoxy) is 1. The van der Waals surface area contributed by atoms with Crippen LogP contribution in [-0.2, 0) is 6.54 Å². The zero-order valence-corrected chi connectivity index (χ0v) is 19.3. The van der Waals surface area contributed by atoms with Gasteiger partial charge in [0.1, 0.15) is 11.5 Å². The number of H-pyrrole nitrogens is 1. The Labute approximate surface area is 193 Å². The summed E-state index contributed by atoms with van der Waals surface area (Å²) in [6.07, 6.45) is 3.54. The van der Waals surface area contributed by atoms with Crippen LogP contribution in [0.5, 0.6) is 5.88 Å². The minimum Gasteiger partial charge on any atom is -0.481 e. The summed E-state index contributed by atoms with van der Waals surface area (Å²) in [5, 5.41) is 5.47. The molecule has 1 aliphatic heterocycles. The van der Waals surface area contributed by atoms with Gasteiger partial charge in [-0.05, 0) is 37.6 Å². The lowest BCUT2D eigenvalue weighted by Crippen LogP contribution is -2.46. The second kappa shape index (κ2) is 10.3. The SMILES string of the molecule is CCNC(=O)Nc1cc(CN2CCN(c3ccc(-c4ncc[nH]4)nc3C)CC2)cc(OC)n1. The molecular formula is C23H30N8O2. The van der Waals surface area contributed by atoms with Crippen LogP contribution in [0.4, 0.5) is 16.3 Å². The number of anilines is 2. The standard InChI is InChI=1S/C23H30N8O2/c1-4-24-23(32)29-20-13-17(14-21(28-20)33-3)15-30-9-11-31(12-10-30)19-6-5-18(27-16(19)2)22-25-7-8-26-22/h5-8,13-14H,4,9-12,15H2,1-3H3,(H,25,26)(H2,24,28,29,32). The summed E-state index contributed by atoms with van der Waals surface area (Å²) in [5.41, 5.74) is 4.05. The van der Waals surface area contributed by atoms with E-state index in [-0.39, 0.29) is 6.03 Å². The molecule has 2 amide bonds. The maximum Gasteiger partial charge on any atom is 0.320 e. The average molecular weight is 451 g/mol. The lowest BCUT2D eigenvalue weighted by molar-refractivity contribution is 0.249. The van der Waals surface area contributed by atoms with Crippen LogP contribution in [0.3, 0.4) is 0 Å². The van der Waals surface area contributed by atoms with E-state index in [4.69, 9.17) is 9.72 Å². The van der Waals surface area contributed by atoms with E-state index in [9.17, 15) is 4.79 Å². The maximum atomic E-state index is 11.9. The van der Waals surface area contributed by atoms with Crippen molar-refractivity contribution in [1.82, 2.24) is 30.2 Å². The maximum absolute atomic E-state index is 11.9. The number of imidazole rings is 1. The molecule has 174 valence electrons. The van der Waals surface area contributed by atoms with Crippen LogP contribution < -0.4 is 20.3 Å². The number of amides is 2. The van der Waals surface area contributed by atoms with E-state index < -0.39 is 0 Å². The monoisotopic (exact) mass is 450 g/mol. The number of hydrogen-bond acceptors (Lipinski definition) is 7. The highest BCUT2D eigenvalue weighted by molar-refractivity contribution is 5.88. The molecule has 0 bridgehead atoms. The first-order valence-electron chi connectivity index (χ1n) is 11.1. The first kappa shape index (κ1) is 22.5. The van der Waals surface area contributed by atoms with E-state index in [0.29, 0.717) is 18.2 Å². The van der Waals surface area contributed by atoms with Crippen LogP contribution in [0.25, 0.3) is 11.5 Å². The molecule has 3 N–H and O–H groups in total. The van der Waals surface area contributed by atoms with E-state index >= 15 is 0 Å². The zero-order chi connectivity index (χ0) is 23.2. The van der Waals surface area contributed by atoms with E-state index in [2.05, 4.69) is 41.5 Å². The summed E-state index contributed by atoms with van der Waals surface area (Å²) < 4.78 is 5.33. The topological polar surface area (TPSA) is 111 Å². The summed E-state index contributed by atoms with van der Waals surface area (Å²) in [4.78, 5) is 33.1. The van der Waals surface area contributed by atoms with Crippen LogP contribution in [0.15, 0.2) is 36.7 Å². The number of hydrogen-bond donors (Lipinski definition) is 3. The van der Waals surface area contributed by atoms with Gasteiger partial charge in [-0.2, -0.15) is 4.98 Å². The summed E-state index contributed by atoms with van der Waals surface area (Å²) in [7, 11) is 1.58. The molecule has 3 aromatic rings. The van der Waals surface area contributed by atoms with Gasteiger partial charge in [-0.3, -0.25) is 10.2 Å². The van der Waals surface area contributed by atoms with Crippen molar-refractivity contribution in [1.29, 1.82) is 0 Å². The molecule has 0 saturated carbocycles. The van der Waals surface area contributed by atoms with Gasteiger partial charge in [-0.15, -0.1) is 0 Å². The van der Waals surface area contributed by atoms with Gasteiger partial charge in [-0.1, -0.05) is 0 Å². The molecule has 0 radical (unpaired) electrons. The van der Waals surface area contributed by atoms with Crippen LogP contribution in [-0.4, -0.2) is 70.7 Å². The number of nitrogens with zero attached hydrogens (tertiary/aromatic N) is 5. The Bertz CT molecular complexity index is 1080. The van der Waals surface area contributed by atoms with Crippen LogP contribution in [0.1, 0.15) is 18.2 Å². The fourth-order valence-electron chi connectivity index (χ4n) is 3.97. The molecule has 1 fully saturated rings. The number of carbonyl (C=O) groups is 1. The number of aromatic nitrogens is 4. The van der Waals surface area contributed by atoms with Gasteiger partial charge in [-0.25, -0.2) is 14.8 Å². The van der Waals surface area contributed by atoms with Crippen molar-refractivity contribution in [2.45, 2.75) is 20.4 Å². The van der Waals surface area contributed by atoms with Gasteiger partial charge in [0.05, 0.1) is 18.5 Å². The number of rotatable bonds is 7. The van der Waals surface area contributed by atoms with Crippen LogP contribution in [0.2, 0.25) is 0 Å². The highest BCUT2D eigenvalue weighted by Gasteiger charge is 2.20. The first-order chi connectivity index (χ1) is 16.1. The summed E-state index contributed by atoms with van der Waals surface area (Å²) in [6, 6.07) is 7.67. The highest BCUT2D eigenvalue weighted by atomic mass is 16.5. The van der Waals surface area contributed by atoms with E-state index in [1.807, 2.05) is 32.0 Å². The first-order valence-corrected chi connectivity index (χ1v) is 11.1. The normalized spacial score (nSPS) is 14.2. The number of aryl methyl sites for hydroxylation is 1. The molecule has 10 heteroatoms. The molecule has 0 spiro atoms. The Morgan fingerprint density at radius 1 is 1.18 bits per heavy atom. The molecule has 1 saturated heterocycles. The van der Waals surface area contributed by atoms with Gasteiger partial charge in [0, 0.05) is 57.7 Å². The molecule has 0 aromatic carbocycles. The quantitative estimate of drug-likeness (QED) is 0.507. The molecule has 4 heterocycles. The van der Waals surface area contributed by atoms with Crippen molar-refractivity contribution >= 4 is 17.5 Å². The van der Waals surface area contributed by atoms with Crippen molar-refractivity contribution in [2.75, 3.05) is 50.1 Å². The predicted octanol–water partition coefficient (Wildman–Crippen LogP) is 2.65. The van der Waals surface area contributed by atoms with E-state index in [1.54, 1.807) is 19.5 Å². The molecule has 10 nitrogen and oxygen atoms in total. The third-order valence-corrected chi connectivity index (χ3v) is 5.57. The smallest absolute Gasteiger partial charge is 0.320 e. The van der Waals surface area contributed by atoms with Gasteiger partial charge < -0.3 is 19.9 Å². The summed E-state index contributed by atoms with van der Waals surface area (Å²) >= 11 is 0. The van der Waals surface area contributed by atoms with Crippen molar-refractivity contribution in [2.24, 2.45) is 0 Å². The molecule has 0 atom stereocenters. The van der Waals surface area contributed by atoms with Crippen molar-refractivity contribution in [3.63, 3.8) is 0 Å². The lowest BCUT2D eigenvalue weighted by Gasteiger charge is -2.36. The largest absolute Gasteiger partial charge is 0.481 e. The highest BCUT2D eigenvalue weighted by Crippen LogP contribution is 2.24. The Morgan fingerprint density at radius 3 is 2.67 bits per heavy atom. The van der Waals surface area contributed by atoms with Gasteiger partial charge in [0.25, 0.3) is 0 Å². The molecule has 4 rings (SSSR count). The Hall–Kier alpha value is -3.66. The van der Waals surface area contributed by atoms with Crippen molar-refractivity contribution in [3.8, 4) is 17.4 Å². The van der Waals surface area contributed by atoms with Crippen molar-refractivity contribution < 1.29 is 9.53 Å². The molecule has 0 unspecified atom stereocenters. The van der Waals surface area contributed by atoms with Gasteiger partial charge in [0.15, 0.2) is 5.82 Å². The number of pyridine rings is 2. The molecular weight excluding hydrogens is 420 g/mol. The number of urea groups is 1. The Kier molecular flexibility index (Phi) is 7.04. The number of piperazine rings is 1. The van der Waals surface area contributed by atoms with Crippen LogP contribution >= 0.6 is 0 Å². The second-order valence-electron chi connectivity index (χ2n) is 7.89. The van der Waals surface area contributed by atoms with Gasteiger partial charge >= 0.3 is 6.03 Å². The van der Waals surface area contributed by atoms with E-state index in [0.717, 1.165) is 61.2 Å². The zero-order valence-electron chi connectivity index (χ0n) is 19.3. The Morgan fingerprint density at radius 2 is 2.00 bits per heavy atom. The van der Waals surface area contributed by atoms with Gasteiger partial charge in [0.2, 0.25) is 5.88 Å². The predicted molar refractivity (Wildman–Crippen MR) is 128 cm³/mol. The lowest BCUT2D eigenvalue weighted by atomic mass is 10.2. The third kappa shape index (κ3) is 5.58. The minimum atomic E-state index is -0.278. The molecule has 3 aromatic heterocycles. The number of nitrogens with one attached hydrogen (secondary N) is 3. The van der Waals surface area contributed by atoms with Crippen molar-refractivity contribution in [3.05, 3.63) is 47.9 Å². The summed E-state index contributed by atoms with van der Waals surface area (Å²) in [5.74, 6) is 1.74. The molecule has 1 aliphatic rings. The fraction of sp³-hybridized carbons (Fsp3) is 0.391. The fourth-order valence-corrected chi connectivity index (χ4v) is 3.97.